The molecular weight excluding hydrogens is 310 g/mol. The lowest BCUT2D eigenvalue weighted by Crippen LogP contribution is -2.49. The van der Waals surface area contributed by atoms with Crippen LogP contribution < -0.4 is 11.2 Å². The van der Waals surface area contributed by atoms with Gasteiger partial charge in [-0.1, -0.05) is 5.11 Å². The summed E-state index contributed by atoms with van der Waals surface area (Å²) in [7, 11) is 1.30. The van der Waals surface area contributed by atoms with Crippen molar-refractivity contribution in [2.24, 2.45) is 5.11 Å². The van der Waals surface area contributed by atoms with Gasteiger partial charge in [-0.3, -0.25) is 14.3 Å². The van der Waals surface area contributed by atoms with Gasteiger partial charge in [-0.2, -0.15) is 0 Å². The van der Waals surface area contributed by atoms with Gasteiger partial charge in [-0.05, 0) is 12.5 Å². The molecule has 0 unspecified atom stereocenters. The highest BCUT2D eigenvalue weighted by atomic mass is 16.6. The van der Waals surface area contributed by atoms with Gasteiger partial charge in [0.2, 0.25) is 0 Å². The van der Waals surface area contributed by atoms with Crippen molar-refractivity contribution >= 4 is 0 Å². The zero-order valence-electron chi connectivity index (χ0n) is 12.5. The van der Waals surface area contributed by atoms with E-state index in [1.165, 1.54) is 20.2 Å². The molecule has 0 bridgehead atoms. The first-order chi connectivity index (χ1) is 10.9. The SMILES string of the molecule is CO[C@H]([C@@H]1OC[C@@](O)(CO)[C@H]1N=[N+]=[N-])n1cc(C)c(=O)[nH]c1=O. The first-order valence-electron chi connectivity index (χ1n) is 6.72. The molecule has 0 aromatic carbocycles. The van der Waals surface area contributed by atoms with Crippen LogP contribution in [0.1, 0.15) is 11.8 Å². The summed E-state index contributed by atoms with van der Waals surface area (Å²) in [5, 5.41) is 23.1. The molecule has 2 rings (SSSR count). The van der Waals surface area contributed by atoms with Gasteiger partial charge in [-0.15, -0.1) is 0 Å². The van der Waals surface area contributed by atoms with Gasteiger partial charge < -0.3 is 19.7 Å². The van der Waals surface area contributed by atoms with Crippen molar-refractivity contribution < 1.29 is 19.7 Å². The predicted molar refractivity (Wildman–Crippen MR) is 76.8 cm³/mol. The van der Waals surface area contributed by atoms with E-state index in [4.69, 9.17) is 15.0 Å². The van der Waals surface area contributed by atoms with Gasteiger partial charge in [0.05, 0.1) is 13.2 Å². The monoisotopic (exact) mass is 327 g/mol. The average molecular weight is 327 g/mol. The maximum Gasteiger partial charge on any atom is 0.330 e. The quantitative estimate of drug-likeness (QED) is 0.349. The Kier molecular flexibility index (Phi) is 4.88. The summed E-state index contributed by atoms with van der Waals surface area (Å²) >= 11 is 0. The summed E-state index contributed by atoms with van der Waals surface area (Å²) in [6, 6.07) is -1.18. The Bertz CT molecular complexity index is 738. The van der Waals surface area contributed by atoms with E-state index in [9.17, 15) is 19.8 Å². The molecule has 2 heterocycles. The highest BCUT2D eigenvalue weighted by molar-refractivity contribution is 5.06. The Balaban J connectivity index is 2.49. The van der Waals surface area contributed by atoms with Crippen molar-refractivity contribution in [1.82, 2.24) is 9.55 Å². The Morgan fingerprint density at radius 3 is 2.96 bits per heavy atom. The Labute approximate surface area is 129 Å². The molecule has 1 saturated heterocycles. The van der Waals surface area contributed by atoms with Gasteiger partial charge in [0.15, 0.2) is 6.23 Å². The molecule has 0 aliphatic carbocycles. The molecule has 126 valence electrons. The van der Waals surface area contributed by atoms with E-state index in [1.54, 1.807) is 0 Å². The molecule has 1 aliphatic heterocycles. The standard InChI is InChI=1S/C12H17N5O6/c1-6-3-17(11(20)14-9(6)19)10(22-2)7-8(15-16-13)12(21,4-18)5-23-7/h3,7-8,10,18,21H,4-5H2,1-2H3,(H,14,19,20)/t7-,8+,10-,12+/m1/s1. The van der Waals surface area contributed by atoms with Crippen LogP contribution in [0.2, 0.25) is 0 Å². The summed E-state index contributed by atoms with van der Waals surface area (Å²) in [5.74, 6) is 0. The lowest BCUT2D eigenvalue weighted by molar-refractivity contribution is -0.0753. The van der Waals surface area contributed by atoms with E-state index in [2.05, 4.69) is 15.0 Å². The highest BCUT2D eigenvalue weighted by Gasteiger charge is 2.51. The summed E-state index contributed by atoms with van der Waals surface area (Å²) in [6.45, 7) is 0.518. The zero-order valence-corrected chi connectivity index (χ0v) is 12.5. The van der Waals surface area contributed by atoms with Crippen LogP contribution in [0.4, 0.5) is 0 Å². The number of aryl methyl sites for hydroxylation is 1. The fourth-order valence-electron chi connectivity index (χ4n) is 2.51. The minimum Gasteiger partial charge on any atom is -0.393 e. The molecule has 0 amide bonds. The lowest BCUT2D eigenvalue weighted by atomic mass is 9.94. The minimum absolute atomic E-state index is 0.266. The Morgan fingerprint density at radius 2 is 2.39 bits per heavy atom. The fourth-order valence-corrected chi connectivity index (χ4v) is 2.51. The van der Waals surface area contributed by atoms with Crippen LogP contribution >= 0.6 is 0 Å². The van der Waals surface area contributed by atoms with Gasteiger partial charge in [0, 0.05) is 23.8 Å². The third kappa shape index (κ3) is 3.00. The number of aliphatic hydroxyl groups is 2. The second-order valence-electron chi connectivity index (χ2n) is 5.29. The van der Waals surface area contributed by atoms with Gasteiger partial charge in [0.25, 0.3) is 5.56 Å². The molecule has 0 spiro atoms. The number of hydrogen-bond donors (Lipinski definition) is 3. The number of rotatable bonds is 5. The van der Waals surface area contributed by atoms with Crippen LogP contribution in [0.3, 0.4) is 0 Å². The van der Waals surface area contributed by atoms with Crippen LogP contribution in [0.5, 0.6) is 0 Å². The summed E-state index contributed by atoms with van der Waals surface area (Å²) in [6.07, 6.45) is -0.826. The number of nitrogens with one attached hydrogen (secondary N) is 1. The third-order valence-electron chi connectivity index (χ3n) is 3.78. The van der Waals surface area contributed by atoms with Crippen molar-refractivity contribution in [2.75, 3.05) is 20.3 Å². The van der Waals surface area contributed by atoms with Crippen molar-refractivity contribution in [3.8, 4) is 0 Å². The van der Waals surface area contributed by atoms with E-state index >= 15 is 0 Å². The number of aromatic nitrogens is 2. The van der Waals surface area contributed by atoms with Crippen LogP contribution in [0.15, 0.2) is 20.9 Å². The predicted octanol–water partition coefficient (Wildman–Crippen LogP) is -1.21. The summed E-state index contributed by atoms with van der Waals surface area (Å²) in [4.78, 5) is 28.2. The number of ether oxygens (including phenoxy) is 2. The minimum atomic E-state index is -1.78. The van der Waals surface area contributed by atoms with E-state index < -0.39 is 41.8 Å². The maximum atomic E-state index is 12.0. The maximum absolute atomic E-state index is 12.0. The second kappa shape index (κ2) is 6.52. The van der Waals surface area contributed by atoms with E-state index in [0.717, 1.165) is 4.57 Å². The van der Waals surface area contributed by atoms with E-state index in [1.807, 2.05) is 0 Å². The largest absolute Gasteiger partial charge is 0.393 e. The molecular formula is C12H17N5O6. The smallest absolute Gasteiger partial charge is 0.330 e. The molecule has 3 N–H and O–H groups in total. The van der Waals surface area contributed by atoms with Gasteiger partial charge in [0.1, 0.15) is 17.7 Å². The van der Waals surface area contributed by atoms with Crippen LogP contribution in [0, 0.1) is 6.92 Å². The Morgan fingerprint density at radius 1 is 1.70 bits per heavy atom. The molecule has 23 heavy (non-hydrogen) atoms. The molecule has 11 heteroatoms. The number of H-pyrrole nitrogens is 1. The molecule has 0 saturated carbocycles. The number of nitrogens with zero attached hydrogens (tertiary/aromatic N) is 4. The molecule has 1 aliphatic rings. The molecule has 1 aromatic rings. The number of methoxy groups -OCH3 is 1. The second-order valence-corrected chi connectivity index (χ2v) is 5.29. The van der Waals surface area contributed by atoms with Crippen LogP contribution in [0.25, 0.3) is 10.4 Å². The number of aliphatic hydroxyl groups excluding tert-OH is 1. The van der Waals surface area contributed by atoms with Crippen molar-refractivity contribution in [3.05, 3.63) is 43.0 Å². The first kappa shape index (κ1) is 17.2. The highest BCUT2D eigenvalue weighted by Crippen LogP contribution is 2.33. The van der Waals surface area contributed by atoms with Crippen LogP contribution in [-0.2, 0) is 9.47 Å². The van der Waals surface area contributed by atoms with E-state index in [-0.39, 0.29) is 12.2 Å². The molecule has 0 radical (unpaired) electrons. The molecule has 1 aromatic heterocycles. The topological polar surface area (TPSA) is 163 Å². The van der Waals surface area contributed by atoms with Gasteiger partial charge >= 0.3 is 5.69 Å². The van der Waals surface area contributed by atoms with E-state index in [0.29, 0.717) is 0 Å². The van der Waals surface area contributed by atoms with Crippen molar-refractivity contribution in [3.63, 3.8) is 0 Å². The summed E-state index contributed by atoms with van der Waals surface area (Å²) in [5.41, 5.74) is 5.89. The number of azide groups is 1. The normalized spacial score (nSPS) is 28.3. The Hall–Kier alpha value is -2.17. The molecule has 4 atom stereocenters. The zero-order chi connectivity index (χ0) is 17.2. The van der Waals surface area contributed by atoms with Crippen molar-refractivity contribution in [2.45, 2.75) is 30.9 Å². The average Bonchev–Trinajstić information content (AvgIpc) is 2.84. The summed E-state index contributed by atoms with van der Waals surface area (Å²) < 4.78 is 11.7. The number of aromatic amines is 1. The van der Waals surface area contributed by atoms with Gasteiger partial charge in [-0.25, -0.2) is 4.79 Å². The third-order valence-corrected chi connectivity index (χ3v) is 3.78. The number of hydrogen-bond acceptors (Lipinski definition) is 7. The molecule has 1 fully saturated rings. The lowest BCUT2D eigenvalue weighted by Gasteiger charge is -2.29. The van der Waals surface area contributed by atoms with Crippen molar-refractivity contribution in [1.29, 1.82) is 0 Å². The first-order valence-corrected chi connectivity index (χ1v) is 6.72. The fraction of sp³-hybridized carbons (Fsp3) is 0.667. The molecule has 11 nitrogen and oxygen atoms in total. The van der Waals surface area contributed by atoms with Crippen LogP contribution in [-0.4, -0.2) is 57.8 Å².